The number of aliphatic carboxylic acids is 1. The molecule has 0 saturated carbocycles. The molecule has 1 fully saturated rings. The molecule has 74 heavy (non-hydrogen) atoms. The zero-order chi connectivity index (χ0) is 55.1. The van der Waals surface area contributed by atoms with Gasteiger partial charge in [0.2, 0.25) is 29.5 Å². The molecule has 0 radical (unpaired) electrons. The lowest BCUT2D eigenvalue weighted by atomic mass is 9.84. The second-order valence-electron chi connectivity index (χ2n) is 19.8. The number of aromatic nitrogens is 1. The van der Waals surface area contributed by atoms with Crippen LogP contribution >= 0.6 is 11.3 Å². The molecule has 0 bridgehead atoms. The molecule has 23 heteroatoms. The first kappa shape index (κ1) is 62.3. The molecule has 3 rings (SSSR count). The van der Waals surface area contributed by atoms with Crippen LogP contribution in [0.15, 0.2) is 29.6 Å². The van der Waals surface area contributed by atoms with E-state index in [2.05, 4.69) is 43.8 Å². The summed E-state index contributed by atoms with van der Waals surface area (Å²) < 4.78 is 5.88. The van der Waals surface area contributed by atoms with Crippen molar-refractivity contribution in [2.75, 3.05) is 51.7 Å². The van der Waals surface area contributed by atoms with Crippen LogP contribution in [0.4, 0.5) is 5.69 Å². The Hall–Kier alpha value is -6.04. The van der Waals surface area contributed by atoms with E-state index in [9.17, 15) is 48.3 Å². The maximum Gasteiger partial charge on any atom is 0.309 e. The highest BCUT2D eigenvalue weighted by molar-refractivity contribution is 7.09. The van der Waals surface area contributed by atoms with Crippen molar-refractivity contribution in [3.05, 3.63) is 45.9 Å². The number of rotatable bonds is 31. The van der Waals surface area contributed by atoms with Crippen molar-refractivity contribution in [1.29, 1.82) is 0 Å². The number of hydrogen-bond donors (Lipinski definition) is 8. The number of ether oxygens (including phenoxy) is 1. The number of likely N-dealkylation sites (tertiary alicyclic amines) is 1. The van der Waals surface area contributed by atoms with Crippen LogP contribution in [0.1, 0.15) is 140 Å². The Kier molecular flexibility index (Phi) is 26.1. The van der Waals surface area contributed by atoms with E-state index in [1.807, 2.05) is 39.6 Å². The quantitative estimate of drug-likeness (QED) is 0.0306. The van der Waals surface area contributed by atoms with Crippen molar-refractivity contribution in [2.45, 2.75) is 150 Å². The Bertz CT molecular complexity index is 2210. The van der Waals surface area contributed by atoms with Crippen molar-refractivity contribution in [2.24, 2.45) is 23.0 Å². The summed E-state index contributed by atoms with van der Waals surface area (Å²) in [5.41, 5.74) is 5.00. The molecule has 6 atom stereocenters. The predicted octanol–water partition coefficient (Wildman–Crippen LogP) is 3.22. The largest absolute Gasteiger partial charge is 0.481 e. The number of anilines is 1. The first-order chi connectivity index (χ1) is 35.0. The van der Waals surface area contributed by atoms with Gasteiger partial charge >= 0.3 is 11.9 Å². The number of esters is 1. The van der Waals surface area contributed by atoms with Gasteiger partial charge in [0.1, 0.15) is 16.7 Å². The number of amides is 7. The Morgan fingerprint density at radius 1 is 0.905 bits per heavy atom. The fourth-order valence-electron chi connectivity index (χ4n) is 8.20. The van der Waals surface area contributed by atoms with Gasteiger partial charge in [-0.05, 0) is 89.1 Å². The van der Waals surface area contributed by atoms with Gasteiger partial charge in [0.05, 0.1) is 50.3 Å². The number of benzene rings is 1. The zero-order valence-corrected chi connectivity index (χ0v) is 45.3. The van der Waals surface area contributed by atoms with Crippen LogP contribution in [0.3, 0.4) is 0 Å². The molecule has 22 nitrogen and oxygen atoms in total. The molecule has 0 unspecified atom stereocenters. The van der Waals surface area contributed by atoms with Crippen LogP contribution in [-0.4, -0.2) is 144 Å². The van der Waals surface area contributed by atoms with Crippen LogP contribution in [0, 0.1) is 17.3 Å². The lowest BCUT2D eigenvalue weighted by molar-refractivity contribution is -0.213. The zero-order valence-electron chi connectivity index (χ0n) is 44.5. The number of hydrogen-bond acceptors (Lipinski definition) is 15. The molecule has 0 spiro atoms. The number of piperidine rings is 1. The smallest absolute Gasteiger partial charge is 0.309 e. The van der Waals surface area contributed by atoms with E-state index >= 15 is 0 Å². The minimum absolute atomic E-state index is 0.000830. The third-order valence-electron chi connectivity index (χ3n) is 12.8. The van der Waals surface area contributed by atoms with E-state index < -0.39 is 90.1 Å². The number of carbonyl (C=O) groups excluding carboxylic acids is 8. The molecular formula is C51H80N10O12S. The first-order valence-electron chi connectivity index (χ1n) is 25.5. The molecule has 0 aliphatic carbocycles. The van der Waals surface area contributed by atoms with Gasteiger partial charge in [-0.25, -0.2) is 10.0 Å². The summed E-state index contributed by atoms with van der Waals surface area (Å²) in [4.78, 5) is 128. The summed E-state index contributed by atoms with van der Waals surface area (Å²) >= 11 is 1.09. The fraction of sp³-hybridized carbons (Fsp3) is 0.647. The van der Waals surface area contributed by atoms with E-state index in [0.717, 1.165) is 43.6 Å². The summed E-state index contributed by atoms with van der Waals surface area (Å²) in [5, 5.41) is 28.9. The number of nitrogens with zero attached hydrogens (tertiary/aromatic N) is 3. The standard InChI is InChI=1S/C51H80N10O12S/c1-10-12-15-22-72-61(49(69)45(32(5)11-2)59-47(68)38-16-13-14-21-60(38)9)39(31(3)4)24-40(73-33(6)62)48-58-37(30-74-48)46(67)57-36(25-51(7,8)50(70)71)23-34-17-19-35(20-18-34)56-44(66)29-55-43(65)28-54-42(64)27-53-41(63)26-52/h17-20,30-32,36,38-40,45H,10-16,21-29,52H2,1-9H3,(H,53,63)(H,54,64)(H,55,65)(H,56,66)(H,57,67)(H,59,68)(H,70,71)/t32-,36-,38+,39+,40+,45-/m0/s1. The maximum absolute atomic E-state index is 14.8. The monoisotopic (exact) mass is 1060 g/mol. The number of likely N-dealkylation sites (N-methyl/N-ethyl adjacent to an activating group) is 1. The lowest BCUT2D eigenvalue weighted by Crippen LogP contribution is -2.58. The lowest BCUT2D eigenvalue weighted by Gasteiger charge is -2.39. The molecule has 1 aliphatic rings. The highest BCUT2D eigenvalue weighted by Gasteiger charge is 2.40. The second kappa shape index (κ2) is 31.0. The summed E-state index contributed by atoms with van der Waals surface area (Å²) in [5.74, 6) is -5.73. The van der Waals surface area contributed by atoms with Crippen LogP contribution in [0.2, 0.25) is 0 Å². The molecular weight excluding hydrogens is 977 g/mol. The Labute approximate surface area is 438 Å². The SMILES string of the molecule is CCCCCON(C(=O)[C@@H](NC(=O)[C@H]1CCCCN1C)[C@@H](C)CC)[C@H](C[C@@H](OC(C)=O)c1nc(C(=O)N[C@@H](Cc2ccc(NC(=O)CNC(=O)CNC(=O)CNC(=O)CN)cc2)CC(C)(C)C(=O)O)cs1)C(C)C. The fourth-order valence-corrected chi connectivity index (χ4v) is 9.04. The highest BCUT2D eigenvalue weighted by atomic mass is 32.1. The van der Waals surface area contributed by atoms with Crippen LogP contribution in [0.25, 0.3) is 0 Å². The van der Waals surface area contributed by atoms with E-state index in [1.165, 1.54) is 17.4 Å². The average molecular weight is 1060 g/mol. The van der Waals surface area contributed by atoms with Gasteiger partial charge in [0, 0.05) is 30.5 Å². The first-order valence-corrected chi connectivity index (χ1v) is 26.4. The number of unbranched alkanes of at least 4 members (excludes halogenated alkanes) is 2. The highest BCUT2D eigenvalue weighted by Crippen LogP contribution is 2.32. The molecule has 1 saturated heterocycles. The molecule has 412 valence electrons. The van der Waals surface area contributed by atoms with Crippen molar-refractivity contribution >= 4 is 70.3 Å². The van der Waals surface area contributed by atoms with Crippen LogP contribution in [-0.2, 0) is 54.4 Å². The van der Waals surface area contributed by atoms with Gasteiger partial charge in [-0.1, -0.05) is 72.4 Å². The number of nitrogens with two attached hydrogens (primary N) is 1. The third kappa shape index (κ3) is 20.7. The number of hydroxylamine groups is 2. The van der Waals surface area contributed by atoms with Gasteiger partial charge in [-0.3, -0.25) is 52.9 Å². The van der Waals surface area contributed by atoms with Crippen molar-refractivity contribution < 1.29 is 57.8 Å². The minimum atomic E-state index is -1.26. The number of thiazole rings is 1. The second-order valence-corrected chi connectivity index (χ2v) is 20.7. The van der Waals surface area contributed by atoms with Crippen molar-refractivity contribution in [3.8, 4) is 0 Å². The molecule has 1 aliphatic heterocycles. The Morgan fingerprint density at radius 2 is 1.54 bits per heavy atom. The molecule has 2 heterocycles. The normalized spacial score (nSPS) is 15.9. The van der Waals surface area contributed by atoms with Gasteiger partial charge in [0.15, 0.2) is 6.10 Å². The summed E-state index contributed by atoms with van der Waals surface area (Å²) in [7, 11) is 1.91. The third-order valence-corrected chi connectivity index (χ3v) is 13.8. The predicted molar refractivity (Wildman–Crippen MR) is 278 cm³/mol. The van der Waals surface area contributed by atoms with Crippen LogP contribution in [0.5, 0.6) is 0 Å². The van der Waals surface area contributed by atoms with Crippen molar-refractivity contribution in [3.63, 3.8) is 0 Å². The van der Waals surface area contributed by atoms with E-state index in [-0.39, 0.29) is 68.4 Å². The van der Waals surface area contributed by atoms with Gasteiger partial charge in [-0.15, -0.1) is 11.3 Å². The number of carbonyl (C=O) groups is 9. The average Bonchev–Trinajstić information content (AvgIpc) is 3.86. The summed E-state index contributed by atoms with van der Waals surface area (Å²) in [6.45, 7) is 13.7. The van der Waals surface area contributed by atoms with Gasteiger partial charge < -0.3 is 47.5 Å². The molecule has 2 aromatic rings. The Balaban J connectivity index is 1.81. The topological polar surface area (TPSA) is 310 Å². The molecule has 9 N–H and O–H groups in total. The summed E-state index contributed by atoms with van der Waals surface area (Å²) in [6, 6.07) is 3.97. The number of nitrogens with one attached hydrogen (secondary N) is 6. The van der Waals surface area contributed by atoms with E-state index in [4.69, 9.17) is 15.3 Å². The minimum Gasteiger partial charge on any atom is -0.481 e. The Morgan fingerprint density at radius 3 is 2.11 bits per heavy atom. The van der Waals surface area contributed by atoms with Gasteiger partial charge in [-0.2, -0.15) is 0 Å². The number of carboxylic acid groups (broad SMARTS) is 1. The number of carboxylic acids is 1. The summed E-state index contributed by atoms with van der Waals surface area (Å²) in [6.07, 6.45) is 4.92. The van der Waals surface area contributed by atoms with Crippen LogP contribution < -0.4 is 37.6 Å². The van der Waals surface area contributed by atoms with Crippen molar-refractivity contribution in [1.82, 2.24) is 41.5 Å². The molecule has 1 aromatic carbocycles. The van der Waals surface area contributed by atoms with E-state index in [0.29, 0.717) is 35.5 Å². The van der Waals surface area contributed by atoms with Gasteiger partial charge in [0.25, 0.3) is 11.8 Å². The maximum atomic E-state index is 14.8. The van der Waals surface area contributed by atoms with E-state index in [1.54, 1.807) is 38.1 Å². The molecule has 1 aromatic heterocycles. The molecule has 7 amide bonds.